The minimum absolute atomic E-state index is 0.552. The Morgan fingerprint density at radius 2 is 1.71 bits per heavy atom. The number of nitrogens with one attached hydrogen (secondary N) is 2. The number of rotatable bonds is 10. The molecule has 2 aliphatic heterocycles. The van der Waals surface area contributed by atoms with Crippen LogP contribution in [0.4, 0.5) is 0 Å². The van der Waals surface area contributed by atoms with Crippen LogP contribution in [-0.2, 0) is 4.74 Å². The fourth-order valence-corrected chi connectivity index (χ4v) is 4.74. The SMILES string of the molecule is CCC(CC)C(CNC(=NC)NCCC1CCN(CC)CC1)N1CCOCC1. The average Bonchev–Trinajstić information content (AvgIpc) is 2.76. The second-order valence-electron chi connectivity index (χ2n) is 8.34. The molecule has 0 aromatic carbocycles. The maximum atomic E-state index is 5.57. The molecule has 164 valence electrons. The van der Waals surface area contributed by atoms with Crippen molar-refractivity contribution >= 4 is 5.96 Å². The minimum Gasteiger partial charge on any atom is -0.379 e. The van der Waals surface area contributed by atoms with Gasteiger partial charge in [-0.15, -0.1) is 0 Å². The van der Waals surface area contributed by atoms with Gasteiger partial charge in [-0.25, -0.2) is 0 Å². The summed E-state index contributed by atoms with van der Waals surface area (Å²) in [4.78, 5) is 9.64. The van der Waals surface area contributed by atoms with Crippen molar-refractivity contribution < 1.29 is 4.74 Å². The van der Waals surface area contributed by atoms with Gasteiger partial charge in [0.05, 0.1) is 13.2 Å². The van der Waals surface area contributed by atoms with Gasteiger partial charge in [0.1, 0.15) is 0 Å². The first-order chi connectivity index (χ1) is 13.7. The van der Waals surface area contributed by atoms with Gasteiger partial charge in [-0.1, -0.05) is 33.6 Å². The molecule has 0 amide bonds. The average molecular weight is 396 g/mol. The minimum atomic E-state index is 0.552. The van der Waals surface area contributed by atoms with Crippen LogP contribution in [0.15, 0.2) is 4.99 Å². The third kappa shape index (κ3) is 7.53. The third-order valence-electron chi connectivity index (χ3n) is 6.81. The van der Waals surface area contributed by atoms with E-state index in [-0.39, 0.29) is 0 Å². The standard InChI is InChI=1S/C22H45N5O/c1-5-20(6-2)21(27-14-16-28-17-15-27)18-25-22(23-4)24-11-8-19-9-12-26(7-3)13-10-19/h19-21H,5-18H2,1-4H3,(H2,23,24,25). The van der Waals surface area contributed by atoms with Gasteiger partial charge in [0.15, 0.2) is 5.96 Å². The lowest BCUT2D eigenvalue weighted by atomic mass is 9.92. The normalized spacial score (nSPS) is 21.8. The van der Waals surface area contributed by atoms with Crippen LogP contribution in [0.25, 0.3) is 0 Å². The number of aliphatic imine (C=N–C) groups is 1. The van der Waals surface area contributed by atoms with Crippen molar-refractivity contribution in [2.24, 2.45) is 16.8 Å². The van der Waals surface area contributed by atoms with Crippen molar-refractivity contribution in [3.8, 4) is 0 Å². The highest BCUT2D eigenvalue weighted by Gasteiger charge is 2.27. The smallest absolute Gasteiger partial charge is 0.191 e. The van der Waals surface area contributed by atoms with E-state index in [0.717, 1.165) is 51.3 Å². The van der Waals surface area contributed by atoms with Gasteiger partial charge >= 0.3 is 0 Å². The second-order valence-corrected chi connectivity index (χ2v) is 8.34. The number of morpholine rings is 1. The van der Waals surface area contributed by atoms with Crippen LogP contribution < -0.4 is 10.6 Å². The molecule has 0 aliphatic carbocycles. The van der Waals surface area contributed by atoms with Gasteiger partial charge in [0.2, 0.25) is 0 Å². The molecule has 2 rings (SSSR count). The molecule has 1 unspecified atom stereocenters. The van der Waals surface area contributed by atoms with E-state index in [9.17, 15) is 0 Å². The van der Waals surface area contributed by atoms with Gasteiger partial charge in [0, 0.05) is 39.3 Å². The fourth-order valence-electron chi connectivity index (χ4n) is 4.74. The first-order valence-electron chi connectivity index (χ1n) is 11.7. The molecular formula is C22H45N5O. The van der Waals surface area contributed by atoms with E-state index in [2.05, 4.69) is 46.2 Å². The lowest BCUT2D eigenvalue weighted by molar-refractivity contribution is 0.00272. The van der Waals surface area contributed by atoms with Gasteiger partial charge in [-0.3, -0.25) is 9.89 Å². The van der Waals surface area contributed by atoms with Gasteiger partial charge < -0.3 is 20.3 Å². The van der Waals surface area contributed by atoms with E-state index in [1.165, 1.54) is 51.7 Å². The summed E-state index contributed by atoms with van der Waals surface area (Å²) >= 11 is 0. The summed E-state index contributed by atoms with van der Waals surface area (Å²) < 4.78 is 5.57. The fraction of sp³-hybridized carbons (Fsp3) is 0.955. The Bertz CT molecular complexity index is 427. The van der Waals surface area contributed by atoms with Crippen LogP contribution in [0.5, 0.6) is 0 Å². The first kappa shape index (κ1) is 23.4. The molecule has 0 bridgehead atoms. The number of hydrogen-bond acceptors (Lipinski definition) is 4. The summed E-state index contributed by atoms with van der Waals surface area (Å²) in [6, 6.07) is 0.552. The molecule has 2 fully saturated rings. The van der Waals surface area contributed by atoms with Crippen LogP contribution in [-0.4, -0.2) is 87.9 Å². The number of nitrogens with zero attached hydrogens (tertiary/aromatic N) is 3. The first-order valence-corrected chi connectivity index (χ1v) is 11.7. The van der Waals surface area contributed by atoms with E-state index >= 15 is 0 Å². The van der Waals surface area contributed by atoms with Crippen LogP contribution in [0.2, 0.25) is 0 Å². The zero-order valence-electron chi connectivity index (χ0n) is 18.9. The molecule has 2 saturated heterocycles. The third-order valence-corrected chi connectivity index (χ3v) is 6.81. The Balaban J connectivity index is 1.75. The van der Waals surface area contributed by atoms with Crippen molar-refractivity contribution in [2.75, 3.05) is 66.1 Å². The second kappa shape index (κ2) is 13.4. The molecular weight excluding hydrogens is 350 g/mol. The number of likely N-dealkylation sites (tertiary alicyclic amines) is 1. The molecule has 28 heavy (non-hydrogen) atoms. The molecule has 2 N–H and O–H groups in total. The Labute approximate surface area is 173 Å². The predicted octanol–water partition coefficient (Wildman–Crippen LogP) is 2.41. The summed E-state index contributed by atoms with van der Waals surface area (Å²) in [5.41, 5.74) is 0. The van der Waals surface area contributed by atoms with Crippen LogP contribution in [0.1, 0.15) is 52.9 Å². The topological polar surface area (TPSA) is 52.1 Å². The van der Waals surface area contributed by atoms with E-state index in [0.29, 0.717) is 12.0 Å². The van der Waals surface area contributed by atoms with Crippen LogP contribution in [0, 0.1) is 11.8 Å². The largest absolute Gasteiger partial charge is 0.379 e. The molecule has 0 aromatic rings. The maximum Gasteiger partial charge on any atom is 0.191 e. The Kier molecular flexibility index (Phi) is 11.2. The van der Waals surface area contributed by atoms with Gasteiger partial charge in [0.25, 0.3) is 0 Å². The molecule has 0 spiro atoms. The Hall–Kier alpha value is -0.850. The number of ether oxygens (including phenoxy) is 1. The molecule has 1 atom stereocenters. The maximum absolute atomic E-state index is 5.57. The van der Waals surface area contributed by atoms with Gasteiger partial charge in [-0.05, 0) is 50.7 Å². The molecule has 6 nitrogen and oxygen atoms in total. The molecule has 0 aromatic heterocycles. The zero-order chi connectivity index (χ0) is 20.2. The molecule has 0 saturated carbocycles. The van der Waals surface area contributed by atoms with Gasteiger partial charge in [-0.2, -0.15) is 0 Å². The Morgan fingerprint density at radius 1 is 1.04 bits per heavy atom. The van der Waals surface area contributed by atoms with E-state index in [1.54, 1.807) is 0 Å². The lowest BCUT2D eigenvalue weighted by Gasteiger charge is -2.39. The number of hydrogen-bond donors (Lipinski definition) is 2. The predicted molar refractivity (Wildman–Crippen MR) is 119 cm³/mol. The highest BCUT2D eigenvalue weighted by molar-refractivity contribution is 5.79. The van der Waals surface area contributed by atoms with Crippen LogP contribution in [0.3, 0.4) is 0 Å². The van der Waals surface area contributed by atoms with Crippen molar-refractivity contribution in [1.82, 2.24) is 20.4 Å². The molecule has 0 radical (unpaired) electrons. The monoisotopic (exact) mass is 395 g/mol. The summed E-state index contributed by atoms with van der Waals surface area (Å²) in [7, 11) is 1.88. The quantitative estimate of drug-likeness (QED) is 0.439. The Morgan fingerprint density at radius 3 is 2.29 bits per heavy atom. The number of guanidine groups is 1. The highest BCUT2D eigenvalue weighted by Crippen LogP contribution is 2.20. The van der Waals surface area contributed by atoms with Crippen molar-refractivity contribution in [2.45, 2.75) is 58.9 Å². The molecule has 2 aliphatic rings. The number of piperidine rings is 1. The summed E-state index contributed by atoms with van der Waals surface area (Å²) in [5.74, 6) is 2.53. The lowest BCUT2D eigenvalue weighted by Crippen LogP contribution is -2.53. The van der Waals surface area contributed by atoms with Crippen molar-refractivity contribution in [1.29, 1.82) is 0 Å². The summed E-state index contributed by atoms with van der Waals surface area (Å²) in [6.45, 7) is 16.4. The molecule has 6 heteroatoms. The zero-order valence-corrected chi connectivity index (χ0v) is 18.9. The van der Waals surface area contributed by atoms with Crippen molar-refractivity contribution in [3.05, 3.63) is 0 Å². The molecule has 2 heterocycles. The van der Waals surface area contributed by atoms with Crippen molar-refractivity contribution in [3.63, 3.8) is 0 Å². The van der Waals surface area contributed by atoms with Crippen LogP contribution >= 0.6 is 0 Å². The van der Waals surface area contributed by atoms with E-state index in [4.69, 9.17) is 4.74 Å². The van der Waals surface area contributed by atoms with E-state index < -0.39 is 0 Å². The summed E-state index contributed by atoms with van der Waals surface area (Å²) in [5, 5.41) is 7.18. The summed E-state index contributed by atoms with van der Waals surface area (Å²) in [6.07, 6.45) is 6.38. The van der Waals surface area contributed by atoms with E-state index in [1.807, 2.05) is 7.05 Å². The highest BCUT2D eigenvalue weighted by atomic mass is 16.5.